The van der Waals surface area contributed by atoms with Gasteiger partial charge in [0.25, 0.3) is 5.91 Å². The molecule has 0 aliphatic rings. The van der Waals surface area contributed by atoms with Crippen LogP contribution in [0, 0.1) is 0 Å². The van der Waals surface area contributed by atoms with Gasteiger partial charge in [-0.1, -0.05) is 12.1 Å². The van der Waals surface area contributed by atoms with E-state index in [1.54, 1.807) is 24.0 Å². The molecule has 1 amide bonds. The number of anilines is 1. The van der Waals surface area contributed by atoms with Crippen LogP contribution in [0.4, 0.5) is 5.69 Å². The molecule has 5 heteroatoms. The van der Waals surface area contributed by atoms with Gasteiger partial charge in [-0.15, -0.1) is 0 Å². The summed E-state index contributed by atoms with van der Waals surface area (Å²) in [4.78, 5) is 11.8. The van der Waals surface area contributed by atoms with Gasteiger partial charge < -0.3 is 11.1 Å². The molecule has 0 atom stereocenters. The third-order valence-corrected chi connectivity index (χ3v) is 2.73. The Morgan fingerprint density at radius 3 is 2.67 bits per heavy atom. The van der Waals surface area contributed by atoms with E-state index in [4.69, 9.17) is 5.73 Å². The van der Waals surface area contributed by atoms with Crippen molar-refractivity contribution in [2.45, 2.75) is 6.42 Å². The summed E-state index contributed by atoms with van der Waals surface area (Å²) in [7, 11) is 1.74. The molecule has 0 unspecified atom stereocenters. The van der Waals surface area contributed by atoms with Crippen LogP contribution in [0.1, 0.15) is 16.1 Å². The average Bonchev–Trinajstić information content (AvgIpc) is 2.78. The third-order valence-electron chi connectivity index (χ3n) is 2.73. The summed E-state index contributed by atoms with van der Waals surface area (Å²) in [5.41, 5.74) is 8.06. The molecule has 94 valence electrons. The van der Waals surface area contributed by atoms with Gasteiger partial charge in [0.05, 0.1) is 0 Å². The Kier molecular flexibility index (Phi) is 3.62. The Hall–Kier alpha value is -2.30. The number of hydrogen-bond donors (Lipinski definition) is 2. The molecule has 18 heavy (non-hydrogen) atoms. The van der Waals surface area contributed by atoms with Crippen molar-refractivity contribution in [3.05, 3.63) is 47.8 Å². The smallest absolute Gasteiger partial charge is 0.269 e. The summed E-state index contributed by atoms with van der Waals surface area (Å²) in [6.45, 7) is 0.591. The normalized spacial score (nSPS) is 10.3. The number of aromatic nitrogens is 2. The summed E-state index contributed by atoms with van der Waals surface area (Å²) in [6, 6.07) is 9.34. The second-order valence-electron chi connectivity index (χ2n) is 4.09. The average molecular weight is 244 g/mol. The highest BCUT2D eigenvalue weighted by molar-refractivity contribution is 5.92. The number of benzene rings is 1. The van der Waals surface area contributed by atoms with E-state index < -0.39 is 0 Å². The highest BCUT2D eigenvalue weighted by Crippen LogP contribution is 2.05. The number of nitrogens with zero attached hydrogens (tertiary/aromatic N) is 2. The Morgan fingerprint density at radius 1 is 1.33 bits per heavy atom. The van der Waals surface area contributed by atoms with Crippen LogP contribution in [0.5, 0.6) is 0 Å². The van der Waals surface area contributed by atoms with Crippen LogP contribution in [0.15, 0.2) is 36.5 Å². The molecule has 0 bridgehead atoms. The largest absolute Gasteiger partial charge is 0.399 e. The third kappa shape index (κ3) is 2.88. The Morgan fingerprint density at radius 2 is 2.06 bits per heavy atom. The molecule has 0 saturated carbocycles. The van der Waals surface area contributed by atoms with E-state index in [0.29, 0.717) is 12.2 Å². The number of rotatable bonds is 4. The maximum Gasteiger partial charge on any atom is 0.269 e. The van der Waals surface area contributed by atoms with Crippen LogP contribution in [0.3, 0.4) is 0 Å². The molecule has 3 N–H and O–H groups in total. The van der Waals surface area contributed by atoms with E-state index in [2.05, 4.69) is 10.4 Å². The maximum atomic E-state index is 11.8. The molecule has 0 aliphatic carbocycles. The molecule has 0 aliphatic heterocycles. The first-order chi connectivity index (χ1) is 8.66. The van der Waals surface area contributed by atoms with E-state index >= 15 is 0 Å². The van der Waals surface area contributed by atoms with Gasteiger partial charge in [0.2, 0.25) is 0 Å². The monoisotopic (exact) mass is 244 g/mol. The number of nitrogens with one attached hydrogen (secondary N) is 1. The van der Waals surface area contributed by atoms with Crippen molar-refractivity contribution >= 4 is 11.6 Å². The Bertz CT molecular complexity index is 530. The molecular weight excluding hydrogens is 228 g/mol. The minimum absolute atomic E-state index is 0.106. The van der Waals surface area contributed by atoms with Crippen molar-refractivity contribution in [2.75, 3.05) is 12.3 Å². The fourth-order valence-corrected chi connectivity index (χ4v) is 1.69. The second-order valence-corrected chi connectivity index (χ2v) is 4.09. The van der Waals surface area contributed by atoms with E-state index in [1.165, 1.54) is 0 Å². The van der Waals surface area contributed by atoms with E-state index in [0.717, 1.165) is 17.7 Å². The SMILES string of the molecule is Cn1nccc1C(=O)NCCc1ccc(N)cc1. The van der Waals surface area contributed by atoms with Crippen molar-refractivity contribution in [1.82, 2.24) is 15.1 Å². The van der Waals surface area contributed by atoms with Crippen molar-refractivity contribution in [3.8, 4) is 0 Å². The number of hydrogen-bond acceptors (Lipinski definition) is 3. The topological polar surface area (TPSA) is 72.9 Å². The van der Waals surface area contributed by atoms with Gasteiger partial charge in [0, 0.05) is 25.5 Å². The van der Waals surface area contributed by atoms with Crippen molar-refractivity contribution in [2.24, 2.45) is 7.05 Å². The minimum atomic E-state index is -0.106. The van der Waals surface area contributed by atoms with Gasteiger partial charge >= 0.3 is 0 Å². The summed E-state index contributed by atoms with van der Waals surface area (Å²) in [5.74, 6) is -0.106. The van der Waals surface area contributed by atoms with Crippen molar-refractivity contribution < 1.29 is 4.79 Å². The Balaban J connectivity index is 1.84. The number of amides is 1. The van der Waals surface area contributed by atoms with E-state index in [9.17, 15) is 4.79 Å². The van der Waals surface area contributed by atoms with Crippen molar-refractivity contribution in [1.29, 1.82) is 0 Å². The number of aryl methyl sites for hydroxylation is 1. The molecule has 0 spiro atoms. The van der Waals surface area contributed by atoms with Crippen LogP contribution in [0.2, 0.25) is 0 Å². The van der Waals surface area contributed by atoms with Crippen LogP contribution >= 0.6 is 0 Å². The minimum Gasteiger partial charge on any atom is -0.399 e. The fraction of sp³-hybridized carbons (Fsp3) is 0.231. The highest BCUT2D eigenvalue weighted by atomic mass is 16.2. The van der Waals surface area contributed by atoms with Gasteiger partial charge in [-0.3, -0.25) is 9.48 Å². The lowest BCUT2D eigenvalue weighted by molar-refractivity contribution is 0.0945. The Labute approximate surface area is 106 Å². The second kappa shape index (κ2) is 5.35. The number of nitrogens with two attached hydrogens (primary N) is 1. The summed E-state index contributed by atoms with van der Waals surface area (Å²) >= 11 is 0. The van der Waals surface area contributed by atoms with E-state index in [-0.39, 0.29) is 5.91 Å². The lowest BCUT2D eigenvalue weighted by atomic mass is 10.1. The van der Waals surface area contributed by atoms with Crippen molar-refractivity contribution in [3.63, 3.8) is 0 Å². The molecule has 5 nitrogen and oxygen atoms in total. The molecule has 1 aromatic carbocycles. The number of carbonyl (C=O) groups excluding carboxylic acids is 1. The molecule has 0 radical (unpaired) electrons. The predicted octanol–water partition coefficient (Wildman–Crippen LogP) is 0.975. The van der Waals surface area contributed by atoms with Crippen LogP contribution in [0.25, 0.3) is 0 Å². The first kappa shape index (κ1) is 12.2. The molecule has 2 rings (SSSR count). The summed E-state index contributed by atoms with van der Waals surface area (Å²) in [5, 5.41) is 6.81. The number of carbonyl (C=O) groups is 1. The zero-order valence-electron chi connectivity index (χ0n) is 10.3. The summed E-state index contributed by atoms with van der Waals surface area (Å²) in [6.07, 6.45) is 2.39. The van der Waals surface area contributed by atoms with Gasteiger partial charge in [0.15, 0.2) is 0 Å². The molecule has 1 aromatic heterocycles. The molecule has 0 fully saturated rings. The van der Waals surface area contributed by atoms with Crippen LogP contribution in [-0.2, 0) is 13.5 Å². The van der Waals surface area contributed by atoms with Gasteiger partial charge in [-0.25, -0.2) is 0 Å². The molecule has 2 aromatic rings. The fourth-order valence-electron chi connectivity index (χ4n) is 1.69. The predicted molar refractivity (Wildman–Crippen MR) is 70.1 cm³/mol. The lowest BCUT2D eigenvalue weighted by Crippen LogP contribution is -2.27. The maximum absolute atomic E-state index is 11.8. The zero-order valence-corrected chi connectivity index (χ0v) is 10.3. The molecule has 0 saturated heterocycles. The summed E-state index contributed by atoms with van der Waals surface area (Å²) < 4.78 is 1.55. The van der Waals surface area contributed by atoms with Gasteiger partial charge in [-0.2, -0.15) is 5.10 Å². The first-order valence-electron chi connectivity index (χ1n) is 5.77. The van der Waals surface area contributed by atoms with Gasteiger partial charge in [0.1, 0.15) is 5.69 Å². The van der Waals surface area contributed by atoms with Crippen LogP contribution < -0.4 is 11.1 Å². The van der Waals surface area contributed by atoms with E-state index in [1.807, 2.05) is 24.3 Å². The standard InChI is InChI=1S/C13H16N4O/c1-17-12(7-9-16-17)13(18)15-8-6-10-2-4-11(14)5-3-10/h2-5,7,9H,6,8,14H2,1H3,(H,15,18). The molecule has 1 heterocycles. The zero-order chi connectivity index (χ0) is 13.0. The first-order valence-corrected chi connectivity index (χ1v) is 5.77. The van der Waals surface area contributed by atoms with Crippen LogP contribution in [-0.4, -0.2) is 22.2 Å². The van der Waals surface area contributed by atoms with Gasteiger partial charge in [-0.05, 0) is 30.2 Å². The number of nitrogen functional groups attached to an aromatic ring is 1. The lowest BCUT2D eigenvalue weighted by Gasteiger charge is -2.05. The molecular formula is C13H16N4O. The quantitative estimate of drug-likeness (QED) is 0.787. The highest BCUT2D eigenvalue weighted by Gasteiger charge is 2.08.